The number of primary amides is 1. The summed E-state index contributed by atoms with van der Waals surface area (Å²) in [6, 6.07) is 11.4. The molecule has 3 heterocycles. The van der Waals surface area contributed by atoms with E-state index in [1.54, 1.807) is 19.4 Å². The van der Waals surface area contributed by atoms with Crippen molar-refractivity contribution in [3.05, 3.63) is 70.8 Å². The number of carbonyl (C=O) groups is 1. The summed E-state index contributed by atoms with van der Waals surface area (Å²) in [5.41, 5.74) is 10.8. The van der Waals surface area contributed by atoms with E-state index in [9.17, 15) is 10.1 Å². The van der Waals surface area contributed by atoms with Gasteiger partial charge in [-0.25, -0.2) is 15.0 Å². The lowest BCUT2D eigenvalue weighted by Gasteiger charge is -2.32. The van der Waals surface area contributed by atoms with Crippen molar-refractivity contribution in [2.75, 3.05) is 23.9 Å². The Labute approximate surface area is 199 Å². The summed E-state index contributed by atoms with van der Waals surface area (Å²) in [6.45, 7) is 3.26. The van der Waals surface area contributed by atoms with Gasteiger partial charge in [-0.3, -0.25) is 4.79 Å². The second-order valence-electron chi connectivity index (χ2n) is 7.95. The van der Waals surface area contributed by atoms with E-state index in [4.69, 9.17) is 10.5 Å². The van der Waals surface area contributed by atoms with Gasteiger partial charge in [-0.1, -0.05) is 19.6 Å². The smallest absolute Gasteiger partial charge is 0.219 e. The zero-order valence-corrected chi connectivity index (χ0v) is 18.6. The molecule has 0 radical (unpaired) electrons. The average Bonchev–Trinajstić information content (AvgIpc) is 2.83. The predicted octanol–water partition coefficient (Wildman–Crippen LogP) is 3.29. The van der Waals surface area contributed by atoms with Gasteiger partial charge in [0.2, 0.25) is 11.8 Å². The molecule has 0 saturated carbocycles. The maximum atomic E-state index is 11.8. The molecule has 1 aliphatic heterocycles. The number of hydrogen-bond acceptors (Lipinski definition) is 8. The summed E-state index contributed by atoms with van der Waals surface area (Å²) in [5, 5.41) is 13.0. The van der Waals surface area contributed by atoms with Gasteiger partial charge < -0.3 is 20.7 Å². The molecule has 1 aliphatic rings. The van der Waals surface area contributed by atoms with Crippen molar-refractivity contribution in [1.82, 2.24) is 15.0 Å². The van der Waals surface area contributed by atoms with E-state index in [0.29, 0.717) is 23.8 Å². The number of nitrogens with two attached hydrogens (primary N) is 1. The van der Waals surface area contributed by atoms with Crippen molar-refractivity contribution in [3.8, 4) is 11.9 Å². The number of fused-ring (bicyclic) bond motifs is 1. The highest BCUT2D eigenvalue weighted by Gasteiger charge is 2.25. The van der Waals surface area contributed by atoms with Crippen LogP contribution in [0.25, 0.3) is 0 Å². The van der Waals surface area contributed by atoms with E-state index in [0.717, 1.165) is 41.0 Å². The number of anilines is 2. The lowest BCUT2D eigenvalue weighted by atomic mass is 10.0. The van der Waals surface area contributed by atoms with Crippen molar-refractivity contribution < 1.29 is 9.53 Å². The largest absolute Gasteiger partial charge is 0.481 e. The standard InChI is InChI=1S/C24H25N7O2.CH4/c1-15-3-5-21(17(9-15)11-25)31-8-7-19-18(13-31)24(29-14-28-19)30-20(10-22(26)32)16-4-6-23(33-2)27-12-16;/h3-6,9,12,14,20H,7-8,10,13H2,1-2H3,(H2,26,32)(H,28,29,30);1H4/t20-;/m1./s1. The predicted molar refractivity (Wildman–Crippen MR) is 130 cm³/mol. The van der Waals surface area contributed by atoms with Gasteiger partial charge in [-0.15, -0.1) is 0 Å². The second kappa shape index (κ2) is 10.6. The number of nitriles is 1. The first-order valence-electron chi connectivity index (χ1n) is 10.6. The first kappa shape index (κ1) is 24.5. The Morgan fingerprint density at radius 3 is 2.79 bits per heavy atom. The van der Waals surface area contributed by atoms with Crippen molar-refractivity contribution in [3.63, 3.8) is 0 Å². The van der Waals surface area contributed by atoms with Crippen LogP contribution in [0, 0.1) is 18.3 Å². The van der Waals surface area contributed by atoms with Crippen LogP contribution < -0.4 is 20.7 Å². The highest BCUT2D eigenvalue weighted by molar-refractivity contribution is 5.75. The molecule has 4 rings (SSSR count). The van der Waals surface area contributed by atoms with Crippen LogP contribution in [0.2, 0.25) is 0 Å². The monoisotopic (exact) mass is 459 g/mol. The summed E-state index contributed by atoms with van der Waals surface area (Å²) in [6.07, 6.45) is 3.98. The van der Waals surface area contributed by atoms with E-state index in [-0.39, 0.29) is 13.8 Å². The fourth-order valence-electron chi connectivity index (χ4n) is 4.02. The number of aromatic nitrogens is 3. The van der Waals surface area contributed by atoms with Crippen LogP contribution in [-0.4, -0.2) is 34.5 Å². The first-order chi connectivity index (χ1) is 16.0. The van der Waals surface area contributed by atoms with Crippen LogP contribution in [-0.2, 0) is 17.8 Å². The van der Waals surface area contributed by atoms with Crippen LogP contribution in [0.4, 0.5) is 11.5 Å². The Morgan fingerprint density at radius 2 is 2.12 bits per heavy atom. The van der Waals surface area contributed by atoms with E-state index >= 15 is 0 Å². The fourth-order valence-corrected chi connectivity index (χ4v) is 4.02. The Bertz CT molecular complexity index is 1200. The molecule has 3 N–H and O–H groups in total. The van der Waals surface area contributed by atoms with Crippen LogP contribution in [0.1, 0.15) is 47.8 Å². The van der Waals surface area contributed by atoms with Gasteiger partial charge in [0, 0.05) is 37.3 Å². The maximum Gasteiger partial charge on any atom is 0.219 e. The average molecular weight is 460 g/mol. The molecule has 9 heteroatoms. The number of benzene rings is 1. The van der Waals surface area contributed by atoms with Gasteiger partial charge in [-0.2, -0.15) is 5.26 Å². The Balaban J connectivity index is 0.00000324. The normalized spacial score (nSPS) is 13.1. The molecular formula is C25H29N7O2. The molecule has 1 amide bonds. The van der Waals surface area contributed by atoms with Crippen LogP contribution in [0.5, 0.6) is 5.88 Å². The third-order valence-electron chi connectivity index (χ3n) is 5.70. The van der Waals surface area contributed by atoms with E-state index in [1.807, 2.05) is 31.2 Å². The number of ether oxygens (including phenoxy) is 1. The molecule has 9 nitrogen and oxygen atoms in total. The third kappa shape index (κ3) is 5.23. The summed E-state index contributed by atoms with van der Waals surface area (Å²) in [5.74, 6) is 0.682. The van der Waals surface area contributed by atoms with Crippen LogP contribution in [0.15, 0.2) is 42.9 Å². The van der Waals surface area contributed by atoms with E-state index in [2.05, 4.69) is 31.2 Å². The van der Waals surface area contributed by atoms with Gasteiger partial charge >= 0.3 is 0 Å². The summed E-state index contributed by atoms with van der Waals surface area (Å²) < 4.78 is 5.13. The molecule has 176 valence electrons. The van der Waals surface area contributed by atoms with Gasteiger partial charge in [0.05, 0.1) is 36.5 Å². The molecule has 0 spiro atoms. The molecule has 1 atom stereocenters. The number of nitrogens with one attached hydrogen (secondary N) is 1. The van der Waals surface area contributed by atoms with Crippen LogP contribution >= 0.6 is 0 Å². The minimum Gasteiger partial charge on any atom is -0.481 e. The van der Waals surface area contributed by atoms with Crippen LogP contribution in [0.3, 0.4) is 0 Å². The fraction of sp³-hybridized carbons (Fsp3) is 0.320. The Hall–Kier alpha value is -4.19. The quantitative estimate of drug-likeness (QED) is 0.550. The number of methoxy groups -OCH3 is 1. The van der Waals surface area contributed by atoms with Gasteiger partial charge in [-0.05, 0) is 30.2 Å². The highest BCUT2D eigenvalue weighted by Crippen LogP contribution is 2.31. The minimum absolute atomic E-state index is 0. The number of carbonyl (C=O) groups excluding carboxylic acids is 1. The number of nitrogens with zero attached hydrogens (tertiary/aromatic N) is 5. The number of rotatable bonds is 7. The molecule has 0 aliphatic carbocycles. The Kier molecular flexibility index (Phi) is 7.64. The van der Waals surface area contributed by atoms with E-state index < -0.39 is 11.9 Å². The third-order valence-corrected chi connectivity index (χ3v) is 5.70. The van der Waals surface area contributed by atoms with Crippen molar-refractivity contribution in [2.45, 2.75) is 39.8 Å². The van der Waals surface area contributed by atoms with Gasteiger partial charge in [0.25, 0.3) is 0 Å². The van der Waals surface area contributed by atoms with Gasteiger partial charge in [0.15, 0.2) is 0 Å². The second-order valence-corrected chi connectivity index (χ2v) is 7.95. The van der Waals surface area contributed by atoms with Crippen molar-refractivity contribution in [1.29, 1.82) is 5.26 Å². The maximum absolute atomic E-state index is 11.8. The molecule has 0 saturated heterocycles. The molecular weight excluding hydrogens is 430 g/mol. The molecule has 0 bridgehead atoms. The lowest BCUT2D eigenvalue weighted by Crippen LogP contribution is -2.33. The summed E-state index contributed by atoms with van der Waals surface area (Å²) >= 11 is 0. The van der Waals surface area contributed by atoms with Crippen molar-refractivity contribution in [2.24, 2.45) is 5.73 Å². The molecule has 3 aromatic rings. The molecule has 34 heavy (non-hydrogen) atoms. The number of pyridine rings is 1. The molecule has 1 aromatic carbocycles. The van der Waals surface area contributed by atoms with Gasteiger partial charge in [0.1, 0.15) is 18.2 Å². The lowest BCUT2D eigenvalue weighted by molar-refractivity contribution is -0.118. The topological polar surface area (TPSA) is 130 Å². The molecule has 2 aromatic heterocycles. The Morgan fingerprint density at radius 1 is 1.29 bits per heavy atom. The molecule has 0 unspecified atom stereocenters. The SMILES string of the molecule is C.COc1ccc([C@@H](CC(N)=O)Nc2ncnc3c2CN(c2ccc(C)cc2C#N)CC3)cn1. The summed E-state index contributed by atoms with van der Waals surface area (Å²) in [7, 11) is 1.55. The first-order valence-corrected chi connectivity index (χ1v) is 10.6. The summed E-state index contributed by atoms with van der Waals surface area (Å²) in [4.78, 5) is 27.1. The van der Waals surface area contributed by atoms with E-state index in [1.165, 1.54) is 6.33 Å². The number of amides is 1. The zero-order valence-electron chi connectivity index (χ0n) is 18.6. The van der Waals surface area contributed by atoms with Crippen molar-refractivity contribution >= 4 is 17.4 Å². The number of aryl methyl sites for hydroxylation is 1. The number of hydrogen-bond donors (Lipinski definition) is 2. The highest BCUT2D eigenvalue weighted by atomic mass is 16.5. The minimum atomic E-state index is -0.439. The molecule has 0 fully saturated rings. The zero-order chi connectivity index (χ0) is 23.4.